The third-order valence-corrected chi connectivity index (χ3v) is 3.88. The zero-order chi connectivity index (χ0) is 14.4. The zero-order valence-electron chi connectivity index (χ0n) is 11.6. The molecule has 0 aliphatic carbocycles. The first kappa shape index (κ1) is 14.9. The van der Waals surface area contributed by atoms with Crippen LogP contribution >= 0.6 is 11.3 Å². The largest absolute Gasteiger partial charge is 0.497 e. The van der Waals surface area contributed by atoms with E-state index in [1.807, 2.05) is 0 Å². The molecule has 0 amide bonds. The van der Waals surface area contributed by atoms with Crippen LogP contribution in [0, 0.1) is 5.82 Å². The van der Waals surface area contributed by atoms with E-state index in [9.17, 15) is 4.39 Å². The lowest BCUT2D eigenvalue weighted by atomic mass is 10.2. The summed E-state index contributed by atoms with van der Waals surface area (Å²) in [7, 11) is 1.52. The SMILES string of the molecule is CCNCCCc1nnc(-c2ccc(OC)cc2F)s1. The van der Waals surface area contributed by atoms with Crippen LogP contribution in [0.3, 0.4) is 0 Å². The van der Waals surface area contributed by atoms with Crippen LogP contribution in [0.5, 0.6) is 5.75 Å². The lowest BCUT2D eigenvalue weighted by Gasteiger charge is -2.02. The second-order valence-corrected chi connectivity index (χ2v) is 5.37. The van der Waals surface area contributed by atoms with Gasteiger partial charge in [0, 0.05) is 18.1 Å². The Balaban J connectivity index is 2.04. The molecule has 0 unspecified atom stereocenters. The number of methoxy groups -OCH3 is 1. The zero-order valence-corrected chi connectivity index (χ0v) is 12.5. The molecule has 0 fully saturated rings. The van der Waals surface area contributed by atoms with Gasteiger partial charge in [-0.05, 0) is 31.6 Å². The average Bonchev–Trinajstić information content (AvgIpc) is 2.92. The normalized spacial score (nSPS) is 10.8. The highest BCUT2D eigenvalue weighted by Gasteiger charge is 2.12. The number of aromatic nitrogens is 2. The summed E-state index contributed by atoms with van der Waals surface area (Å²) in [6.45, 7) is 4.01. The van der Waals surface area contributed by atoms with Gasteiger partial charge in [-0.3, -0.25) is 0 Å². The number of hydrogen-bond donors (Lipinski definition) is 1. The number of rotatable bonds is 7. The molecule has 20 heavy (non-hydrogen) atoms. The van der Waals surface area contributed by atoms with E-state index in [0.717, 1.165) is 30.9 Å². The monoisotopic (exact) mass is 295 g/mol. The fourth-order valence-electron chi connectivity index (χ4n) is 1.80. The molecule has 0 atom stereocenters. The molecule has 2 rings (SSSR count). The standard InChI is InChI=1S/C14H18FN3OS/c1-3-16-8-4-5-13-17-18-14(20-13)11-7-6-10(19-2)9-12(11)15/h6-7,9,16H,3-5,8H2,1-2H3. The Kier molecular flexibility index (Phi) is 5.43. The van der Waals surface area contributed by atoms with E-state index < -0.39 is 0 Å². The van der Waals surface area contributed by atoms with E-state index in [0.29, 0.717) is 16.3 Å². The minimum atomic E-state index is -0.334. The van der Waals surface area contributed by atoms with Crippen LogP contribution in [0.1, 0.15) is 18.4 Å². The van der Waals surface area contributed by atoms with Crippen molar-refractivity contribution in [2.75, 3.05) is 20.2 Å². The second kappa shape index (κ2) is 7.31. The van der Waals surface area contributed by atoms with Crippen LogP contribution in [-0.4, -0.2) is 30.4 Å². The number of nitrogens with one attached hydrogen (secondary N) is 1. The summed E-state index contributed by atoms with van der Waals surface area (Å²) < 4.78 is 18.9. The Hall–Kier alpha value is -1.53. The lowest BCUT2D eigenvalue weighted by Crippen LogP contribution is -2.14. The summed E-state index contributed by atoms with van der Waals surface area (Å²) in [6.07, 6.45) is 1.87. The Bertz CT molecular complexity index is 559. The molecule has 1 N–H and O–H groups in total. The van der Waals surface area contributed by atoms with Gasteiger partial charge in [-0.1, -0.05) is 18.3 Å². The van der Waals surface area contributed by atoms with Crippen molar-refractivity contribution < 1.29 is 9.13 Å². The second-order valence-electron chi connectivity index (χ2n) is 4.30. The molecular weight excluding hydrogens is 277 g/mol. The summed E-state index contributed by atoms with van der Waals surface area (Å²) in [5.74, 6) is 0.168. The number of nitrogens with zero attached hydrogens (tertiary/aromatic N) is 2. The Morgan fingerprint density at radius 1 is 1.35 bits per heavy atom. The maximum Gasteiger partial charge on any atom is 0.150 e. The van der Waals surface area contributed by atoms with E-state index >= 15 is 0 Å². The molecule has 0 radical (unpaired) electrons. The molecule has 0 saturated carbocycles. The number of halogens is 1. The Morgan fingerprint density at radius 2 is 2.20 bits per heavy atom. The first-order chi connectivity index (χ1) is 9.74. The molecule has 4 nitrogen and oxygen atoms in total. The molecule has 0 aliphatic rings. The molecule has 0 saturated heterocycles. The lowest BCUT2D eigenvalue weighted by molar-refractivity contribution is 0.411. The van der Waals surface area contributed by atoms with Crippen molar-refractivity contribution in [2.24, 2.45) is 0 Å². The maximum absolute atomic E-state index is 13.9. The summed E-state index contributed by atoms with van der Waals surface area (Å²) in [5.41, 5.74) is 0.473. The van der Waals surface area contributed by atoms with E-state index in [4.69, 9.17) is 4.74 Å². The quantitative estimate of drug-likeness (QED) is 0.798. The number of hydrogen-bond acceptors (Lipinski definition) is 5. The van der Waals surface area contributed by atoms with Gasteiger partial charge in [-0.25, -0.2) is 4.39 Å². The molecular formula is C14H18FN3OS. The first-order valence-electron chi connectivity index (χ1n) is 6.61. The minimum absolute atomic E-state index is 0.334. The Labute approximate surface area is 122 Å². The van der Waals surface area contributed by atoms with Crippen LogP contribution in [-0.2, 0) is 6.42 Å². The van der Waals surface area contributed by atoms with Crippen molar-refractivity contribution in [3.8, 4) is 16.3 Å². The van der Waals surface area contributed by atoms with Gasteiger partial charge in [0.05, 0.1) is 7.11 Å². The number of aryl methyl sites for hydroxylation is 1. The number of benzene rings is 1. The third-order valence-electron chi connectivity index (χ3n) is 2.87. The predicted octanol–water partition coefficient (Wildman–Crippen LogP) is 2.89. The highest BCUT2D eigenvalue weighted by molar-refractivity contribution is 7.14. The van der Waals surface area contributed by atoms with Crippen LogP contribution in [0.15, 0.2) is 18.2 Å². The smallest absolute Gasteiger partial charge is 0.150 e. The molecule has 0 bridgehead atoms. The van der Waals surface area contributed by atoms with E-state index in [2.05, 4.69) is 22.4 Å². The van der Waals surface area contributed by atoms with E-state index in [1.54, 1.807) is 12.1 Å². The summed E-state index contributed by atoms with van der Waals surface area (Å²) in [4.78, 5) is 0. The van der Waals surface area contributed by atoms with Gasteiger partial charge >= 0.3 is 0 Å². The van der Waals surface area contributed by atoms with E-state index in [1.165, 1.54) is 24.5 Å². The van der Waals surface area contributed by atoms with Crippen molar-refractivity contribution in [3.63, 3.8) is 0 Å². The van der Waals surface area contributed by atoms with Gasteiger partial charge in [0.1, 0.15) is 16.6 Å². The molecule has 1 aromatic carbocycles. The molecule has 2 aromatic rings. The average molecular weight is 295 g/mol. The minimum Gasteiger partial charge on any atom is -0.497 e. The fourth-order valence-corrected chi connectivity index (χ4v) is 2.71. The Morgan fingerprint density at radius 3 is 2.90 bits per heavy atom. The molecule has 108 valence electrons. The van der Waals surface area contributed by atoms with Crippen molar-refractivity contribution in [2.45, 2.75) is 19.8 Å². The van der Waals surface area contributed by atoms with Gasteiger partial charge in [0.25, 0.3) is 0 Å². The van der Waals surface area contributed by atoms with Gasteiger partial charge in [0.15, 0.2) is 5.01 Å². The maximum atomic E-state index is 13.9. The molecule has 1 heterocycles. The molecule has 1 aromatic heterocycles. The van der Waals surface area contributed by atoms with E-state index in [-0.39, 0.29) is 5.82 Å². The fraction of sp³-hybridized carbons (Fsp3) is 0.429. The predicted molar refractivity (Wildman–Crippen MR) is 78.7 cm³/mol. The highest BCUT2D eigenvalue weighted by atomic mass is 32.1. The van der Waals surface area contributed by atoms with Crippen LogP contribution in [0.2, 0.25) is 0 Å². The number of ether oxygens (including phenoxy) is 1. The highest BCUT2D eigenvalue weighted by Crippen LogP contribution is 2.28. The first-order valence-corrected chi connectivity index (χ1v) is 7.43. The van der Waals surface area contributed by atoms with Crippen LogP contribution < -0.4 is 10.1 Å². The van der Waals surface area contributed by atoms with Gasteiger partial charge < -0.3 is 10.1 Å². The van der Waals surface area contributed by atoms with Crippen LogP contribution in [0.4, 0.5) is 4.39 Å². The molecule has 6 heteroatoms. The van der Waals surface area contributed by atoms with Crippen molar-refractivity contribution in [3.05, 3.63) is 29.0 Å². The summed E-state index contributed by atoms with van der Waals surface area (Å²) in [6, 6.07) is 4.77. The van der Waals surface area contributed by atoms with Crippen molar-refractivity contribution in [1.82, 2.24) is 15.5 Å². The van der Waals surface area contributed by atoms with Gasteiger partial charge in [-0.2, -0.15) is 0 Å². The van der Waals surface area contributed by atoms with Gasteiger partial charge in [0.2, 0.25) is 0 Å². The van der Waals surface area contributed by atoms with Crippen molar-refractivity contribution >= 4 is 11.3 Å². The molecule has 0 spiro atoms. The summed E-state index contributed by atoms with van der Waals surface area (Å²) in [5, 5.41) is 13.0. The van der Waals surface area contributed by atoms with Crippen LogP contribution in [0.25, 0.3) is 10.6 Å². The third kappa shape index (κ3) is 3.74. The topological polar surface area (TPSA) is 47.0 Å². The molecule has 0 aliphatic heterocycles. The van der Waals surface area contributed by atoms with Gasteiger partial charge in [-0.15, -0.1) is 10.2 Å². The van der Waals surface area contributed by atoms with Crippen molar-refractivity contribution in [1.29, 1.82) is 0 Å². The summed E-state index contributed by atoms with van der Waals surface area (Å²) >= 11 is 1.44.